The van der Waals surface area contributed by atoms with E-state index in [9.17, 15) is 4.79 Å². The highest BCUT2D eigenvalue weighted by Crippen LogP contribution is 2.32. The van der Waals surface area contributed by atoms with Crippen molar-refractivity contribution in [1.29, 1.82) is 0 Å². The molecule has 0 saturated heterocycles. The Balaban J connectivity index is 1.56. The van der Waals surface area contributed by atoms with E-state index < -0.39 is 0 Å². The van der Waals surface area contributed by atoms with Crippen molar-refractivity contribution < 1.29 is 4.79 Å². The number of carbonyl (C=O) groups excluding carboxylic acids is 1. The molecule has 1 aliphatic heterocycles. The first-order chi connectivity index (χ1) is 14.1. The molecule has 0 unspecified atom stereocenters. The monoisotopic (exact) mass is 494 g/mol. The maximum absolute atomic E-state index is 13.1. The lowest BCUT2D eigenvalue weighted by molar-refractivity contribution is 0.0748. The molecule has 0 fully saturated rings. The summed E-state index contributed by atoms with van der Waals surface area (Å²) in [7, 11) is 0. The third-order valence-corrected chi connectivity index (χ3v) is 6.16. The zero-order valence-electron chi connectivity index (χ0n) is 15.9. The molecule has 2 aromatic heterocycles. The van der Waals surface area contributed by atoms with Crippen LogP contribution in [-0.2, 0) is 13.1 Å². The number of aromatic nitrogens is 3. The van der Waals surface area contributed by atoms with E-state index in [-0.39, 0.29) is 5.91 Å². The van der Waals surface area contributed by atoms with Crippen LogP contribution in [0.25, 0.3) is 11.5 Å². The number of amides is 1. The molecule has 1 aliphatic rings. The summed E-state index contributed by atoms with van der Waals surface area (Å²) in [4.78, 5) is 15.0. The highest BCUT2D eigenvalue weighted by atomic mass is 127. The molecule has 2 aromatic carbocycles. The molecule has 5 nitrogen and oxygen atoms in total. The normalized spacial score (nSPS) is 13.0. The lowest BCUT2D eigenvalue weighted by Gasteiger charge is -2.18. The summed E-state index contributed by atoms with van der Waals surface area (Å²) < 4.78 is 5.04. The van der Waals surface area contributed by atoms with Crippen LogP contribution in [0.15, 0.2) is 73.1 Å². The van der Waals surface area contributed by atoms with Crippen molar-refractivity contribution in [3.05, 3.63) is 99.0 Å². The van der Waals surface area contributed by atoms with Crippen molar-refractivity contribution in [2.24, 2.45) is 0 Å². The lowest BCUT2D eigenvalue weighted by Crippen LogP contribution is -2.27. The lowest BCUT2D eigenvalue weighted by atomic mass is 10.2. The van der Waals surface area contributed by atoms with E-state index in [4.69, 9.17) is 5.10 Å². The van der Waals surface area contributed by atoms with Crippen LogP contribution in [0.3, 0.4) is 0 Å². The third-order valence-electron chi connectivity index (χ3n) is 5.22. The van der Waals surface area contributed by atoms with Gasteiger partial charge in [0.15, 0.2) is 0 Å². The second-order valence-corrected chi connectivity index (χ2v) is 8.39. The van der Waals surface area contributed by atoms with Crippen LogP contribution < -0.4 is 0 Å². The Morgan fingerprint density at radius 1 is 1.00 bits per heavy atom. The second-order valence-electron chi connectivity index (χ2n) is 7.23. The number of hydrogen-bond acceptors (Lipinski definition) is 2. The minimum absolute atomic E-state index is 0.0496. The first kappa shape index (κ1) is 18.2. The summed E-state index contributed by atoms with van der Waals surface area (Å²) in [6, 6.07) is 20.0. The number of benzene rings is 2. The first-order valence-electron chi connectivity index (χ1n) is 9.47. The summed E-state index contributed by atoms with van der Waals surface area (Å²) in [5.41, 5.74) is 5.01. The maximum Gasteiger partial charge on any atom is 0.255 e. The summed E-state index contributed by atoms with van der Waals surface area (Å²) >= 11 is 2.22. The molecule has 0 aliphatic carbocycles. The summed E-state index contributed by atoms with van der Waals surface area (Å²) in [6.07, 6.45) is 4.04. The predicted molar refractivity (Wildman–Crippen MR) is 120 cm³/mol. The van der Waals surface area contributed by atoms with Gasteiger partial charge in [-0.3, -0.25) is 4.79 Å². The molecule has 3 heterocycles. The number of nitrogens with zero attached hydrogens (tertiary/aromatic N) is 4. The molecular weight excluding hydrogens is 475 g/mol. The second kappa shape index (κ2) is 7.18. The van der Waals surface area contributed by atoms with Gasteiger partial charge >= 0.3 is 0 Å². The molecule has 0 N–H and O–H groups in total. The predicted octanol–water partition coefficient (Wildman–Crippen LogP) is 4.73. The third kappa shape index (κ3) is 3.17. The van der Waals surface area contributed by atoms with Crippen LogP contribution in [0.4, 0.5) is 0 Å². The average molecular weight is 494 g/mol. The van der Waals surface area contributed by atoms with Gasteiger partial charge in [0.05, 0.1) is 30.0 Å². The van der Waals surface area contributed by atoms with Crippen LogP contribution in [-0.4, -0.2) is 25.2 Å². The van der Waals surface area contributed by atoms with Crippen molar-refractivity contribution in [2.45, 2.75) is 20.0 Å². The van der Waals surface area contributed by atoms with Gasteiger partial charge in [0.1, 0.15) is 5.82 Å². The Kier molecular flexibility index (Phi) is 4.50. The molecule has 5 rings (SSSR count). The van der Waals surface area contributed by atoms with Crippen LogP contribution >= 0.6 is 22.6 Å². The van der Waals surface area contributed by atoms with Crippen LogP contribution in [0.2, 0.25) is 0 Å². The summed E-state index contributed by atoms with van der Waals surface area (Å²) in [6.45, 7) is 3.16. The fraction of sp³-hybridized carbons (Fsp3) is 0.130. The van der Waals surface area contributed by atoms with Gasteiger partial charge in [0, 0.05) is 21.5 Å². The van der Waals surface area contributed by atoms with Crippen molar-refractivity contribution in [3.8, 4) is 11.5 Å². The van der Waals surface area contributed by atoms with Gasteiger partial charge in [0.2, 0.25) is 0 Å². The largest absolute Gasteiger partial charge is 0.328 e. The fourth-order valence-electron chi connectivity index (χ4n) is 3.83. The highest BCUT2D eigenvalue weighted by molar-refractivity contribution is 14.1. The quantitative estimate of drug-likeness (QED) is 0.387. The number of fused-ring (bicyclic) bond motifs is 1. The number of carbonyl (C=O) groups is 1. The first-order valence-corrected chi connectivity index (χ1v) is 10.5. The molecule has 4 aromatic rings. The molecule has 0 saturated carbocycles. The van der Waals surface area contributed by atoms with Gasteiger partial charge < -0.3 is 9.47 Å². The molecular formula is C23H19IN4O. The van der Waals surface area contributed by atoms with Crippen LogP contribution in [0.5, 0.6) is 0 Å². The van der Waals surface area contributed by atoms with Gasteiger partial charge in [-0.1, -0.05) is 24.3 Å². The molecule has 0 spiro atoms. The smallest absolute Gasteiger partial charge is 0.255 e. The molecule has 29 heavy (non-hydrogen) atoms. The van der Waals surface area contributed by atoms with Gasteiger partial charge in [-0.2, -0.15) is 5.10 Å². The Bertz CT molecular complexity index is 1210. The number of halogens is 1. The molecule has 6 heteroatoms. The number of rotatable bonds is 3. The number of aryl methyl sites for hydroxylation is 1. The minimum atomic E-state index is 0.0496. The van der Waals surface area contributed by atoms with E-state index in [0.717, 1.165) is 31.9 Å². The fourth-order valence-corrected chi connectivity index (χ4v) is 4.45. The van der Waals surface area contributed by atoms with Gasteiger partial charge in [-0.05, 0) is 71.5 Å². The van der Waals surface area contributed by atoms with E-state index in [1.807, 2.05) is 64.4 Å². The van der Waals surface area contributed by atoms with Crippen molar-refractivity contribution in [3.63, 3.8) is 0 Å². The van der Waals surface area contributed by atoms with E-state index in [0.29, 0.717) is 13.1 Å². The average Bonchev–Trinajstić information content (AvgIpc) is 3.43. The van der Waals surface area contributed by atoms with E-state index >= 15 is 0 Å². The Morgan fingerprint density at radius 3 is 2.55 bits per heavy atom. The standard InChI is InChI=1S/C23H19IN4O/c1-16-7-6-8-17(13-16)28-22(26-11-4-5-12-26)19-14-27(15-21(19)25-28)23(29)18-9-2-3-10-20(18)24/h2-13H,14-15H2,1H3. The van der Waals surface area contributed by atoms with Crippen molar-refractivity contribution in [2.75, 3.05) is 0 Å². The molecule has 1 amide bonds. The Hall–Kier alpha value is -2.87. The molecule has 0 bridgehead atoms. The van der Waals surface area contributed by atoms with Gasteiger partial charge in [-0.25, -0.2) is 4.68 Å². The zero-order chi connectivity index (χ0) is 20.0. The van der Waals surface area contributed by atoms with E-state index in [2.05, 4.69) is 52.3 Å². The van der Waals surface area contributed by atoms with Crippen molar-refractivity contribution in [1.82, 2.24) is 19.2 Å². The molecule has 0 radical (unpaired) electrons. The van der Waals surface area contributed by atoms with E-state index in [1.54, 1.807) is 0 Å². The summed E-state index contributed by atoms with van der Waals surface area (Å²) in [5, 5.41) is 4.91. The Labute approximate surface area is 182 Å². The zero-order valence-corrected chi connectivity index (χ0v) is 18.1. The minimum Gasteiger partial charge on any atom is -0.328 e. The SMILES string of the molecule is Cc1cccc(-n2nc3c(c2-n2cccc2)CN(C(=O)c2ccccc2I)C3)c1. The topological polar surface area (TPSA) is 43.1 Å². The molecule has 0 atom stereocenters. The maximum atomic E-state index is 13.1. The van der Waals surface area contributed by atoms with E-state index in [1.165, 1.54) is 5.56 Å². The van der Waals surface area contributed by atoms with Gasteiger partial charge in [0.25, 0.3) is 5.91 Å². The summed E-state index contributed by atoms with van der Waals surface area (Å²) in [5.74, 6) is 1.04. The van der Waals surface area contributed by atoms with Crippen LogP contribution in [0, 0.1) is 10.5 Å². The van der Waals surface area contributed by atoms with Gasteiger partial charge in [-0.15, -0.1) is 0 Å². The van der Waals surface area contributed by atoms with Crippen LogP contribution in [0.1, 0.15) is 27.2 Å². The Morgan fingerprint density at radius 2 is 1.79 bits per heavy atom. The molecule has 144 valence electrons. The highest BCUT2D eigenvalue weighted by Gasteiger charge is 2.32. The van der Waals surface area contributed by atoms with Crippen molar-refractivity contribution >= 4 is 28.5 Å². The number of hydrogen-bond donors (Lipinski definition) is 0.